The van der Waals surface area contributed by atoms with Crippen molar-refractivity contribution >= 4 is 11.8 Å². The quantitative estimate of drug-likeness (QED) is 0.820. The molecule has 160 valence electrons. The van der Waals surface area contributed by atoms with Crippen molar-refractivity contribution in [1.29, 1.82) is 0 Å². The molecule has 2 saturated heterocycles. The van der Waals surface area contributed by atoms with Crippen LogP contribution < -0.4 is 5.32 Å². The molecule has 2 aliphatic heterocycles. The predicted octanol–water partition coefficient (Wildman–Crippen LogP) is 3.54. The number of piperidine rings is 2. The second-order valence-corrected chi connectivity index (χ2v) is 8.39. The van der Waals surface area contributed by atoms with E-state index in [2.05, 4.69) is 22.3 Å². The first-order chi connectivity index (χ1) is 14.6. The Hall–Kier alpha value is -2.60. The zero-order valence-corrected chi connectivity index (χ0v) is 17.7. The van der Waals surface area contributed by atoms with E-state index in [0.717, 1.165) is 63.2 Å². The third-order valence-corrected chi connectivity index (χ3v) is 6.21. The highest BCUT2D eigenvalue weighted by atomic mass is 16.3. The van der Waals surface area contributed by atoms with Gasteiger partial charge in [0.25, 0.3) is 5.91 Å². The van der Waals surface area contributed by atoms with Gasteiger partial charge < -0.3 is 14.6 Å². The fraction of sp³-hybridized carbons (Fsp3) is 0.500. The molecule has 1 aromatic carbocycles. The van der Waals surface area contributed by atoms with Gasteiger partial charge in [-0.2, -0.15) is 0 Å². The van der Waals surface area contributed by atoms with Gasteiger partial charge in [-0.1, -0.05) is 30.3 Å². The first-order valence-electron chi connectivity index (χ1n) is 11.1. The molecule has 0 saturated carbocycles. The molecule has 6 nitrogen and oxygen atoms in total. The molecule has 0 aliphatic carbocycles. The first-order valence-corrected chi connectivity index (χ1v) is 11.1. The summed E-state index contributed by atoms with van der Waals surface area (Å²) in [5.41, 5.74) is 1.06. The average molecular weight is 410 g/mol. The molecular weight excluding hydrogens is 378 g/mol. The molecule has 1 atom stereocenters. The van der Waals surface area contributed by atoms with Crippen LogP contribution in [0.25, 0.3) is 0 Å². The second kappa shape index (κ2) is 9.47. The summed E-state index contributed by atoms with van der Waals surface area (Å²) in [4.78, 5) is 30.2. The Bertz CT molecular complexity index is 850. The van der Waals surface area contributed by atoms with Crippen molar-refractivity contribution in [2.45, 2.75) is 51.1 Å². The summed E-state index contributed by atoms with van der Waals surface area (Å²) in [6.07, 6.45) is 5.03. The van der Waals surface area contributed by atoms with Gasteiger partial charge in [-0.25, -0.2) is 0 Å². The smallest absolute Gasteiger partial charge is 0.287 e. The van der Waals surface area contributed by atoms with Crippen molar-refractivity contribution in [3.63, 3.8) is 0 Å². The van der Waals surface area contributed by atoms with Crippen LogP contribution >= 0.6 is 0 Å². The predicted molar refractivity (Wildman–Crippen MR) is 115 cm³/mol. The van der Waals surface area contributed by atoms with E-state index < -0.39 is 0 Å². The minimum Gasteiger partial charge on any atom is -0.456 e. The van der Waals surface area contributed by atoms with E-state index in [1.807, 2.05) is 30.0 Å². The van der Waals surface area contributed by atoms with Crippen LogP contribution in [-0.4, -0.2) is 53.8 Å². The molecule has 2 amide bonds. The van der Waals surface area contributed by atoms with Crippen molar-refractivity contribution in [3.8, 4) is 0 Å². The summed E-state index contributed by atoms with van der Waals surface area (Å²) in [6.45, 7) is 5.11. The number of carbonyl (C=O) groups is 2. The van der Waals surface area contributed by atoms with Gasteiger partial charge in [-0.05, 0) is 56.7 Å². The number of furan rings is 1. The highest BCUT2D eigenvalue weighted by Crippen LogP contribution is 2.28. The minimum atomic E-state index is -0.242. The molecular formula is C24H31N3O3. The molecule has 6 heteroatoms. The number of aryl methyl sites for hydroxylation is 1. The molecule has 30 heavy (non-hydrogen) atoms. The molecule has 1 N–H and O–H groups in total. The zero-order valence-electron chi connectivity index (χ0n) is 17.7. The van der Waals surface area contributed by atoms with Crippen LogP contribution in [0.4, 0.5) is 0 Å². The molecule has 2 aromatic rings. The van der Waals surface area contributed by atoms with Crippen molar-refractivity contribution in [1.82, 2.24) is 15.1 Å². The number of nitrogens with zero attached hydrogens (tertiary/aromatic N) is 2. The van der Waals surface area contributed by atoms with Crippen LogP contribution in [0.3, 0.4) is 0 Å². The number of carbonyl (C=O) groups excluding carboxylic acids is 2. The maximum Gasteiger partial charge on any atom is 0.287 e. The Morgan fingerprint density at radius 3 is 2.30 bits per heavy atom. The number of amides is 2. The van der Waals surface area contributed by atoms with Crippen molar-refractivity contribution in [2.75, 3.05) is 26.2 Å². The van der Waals surface area contributed by atoms with Gasteiger partial charge in [0.15, 0.2) is 5.76 Å². The van der Waals surface area contributed by atoms with E-state index in [-0.39, 0.29) is 23.9 Å². The van der Waals surface area contributed by atoms with Gasteiger partial charge in [0.1, 0.15) is 11.8 Å². The van der Waals surface area contributed by atoms with E-state index >= 15 is 0 Å². The van der Waals surface area contributed by atoms with Gasteiger partial charge in [0, 0.05) is 32.2 Å². The summed E-state index contributed by atoms with van der Waals surface area (Å²) in [6, 6.07) is 13.5. The standard InChI is InChI=1S/C24H31N3O3/c1-18-10-11-21(30-18)23(28)25-20-12-16-26(17-13-20)22(19-8-4-2-5-9-19)24(29)27-14-6-3-7-15-27/h2,4-5,8-11,20,22H,3,6-7,12-17H2,1H3,(H,25,28). The molecule has 2 fully saturated rings. The summed E-state index contributed by atoms with van der Waals surface area (Å²) < 4.78 is 5.43. The van der Waals surface area contributed by atoms with Crippen LogP contribution in [0.15, 0.2) is 46.9 Å². The summed E-state index contributed by atoms with van der Waals surface area (Å²) in [5, 5.41) is 3.09. The average Bonchev–Trinajstić information content (AvgIpc) is 3.23. The number of benzene rings is 1. The van der Waals surface area contributed by atoms with Gasteiger partial charge in [0.2, 0.25) is 5.91 Å². The molecule has 1 unspecified atom stereocenters. The van der Waals surface area contributed by atoms with E-state index in [1.54, 1.807) is 12.1 Å². The van der Waals surface area contributed by atoms with Gasteiger partial charge in [-0.15, -0.1) is 0 Å². The maximum atomic E-state index is 13.4. The van der Waals surface area contributed by atoms with Crippen LogP contribution in [0.5, 0.6) is 0 Å². The molecule has 0 spiro atoms. The van der Waals surface area contributed by atoms with Crippen molar-refractivity contribution < 1.29 is 14.0 Å². The first kappa shape index (κ1) is 20.7. The molecule has 1 aromatic heterocycles. The number of hydrogen-bond acceptors (Lipinski definition) is 4. The second-order valence-electron chi connectivity index (χ2n) is 8.39. The van der Waals surface area contributed by atoms with Gasteiger partial charge >= 0.3 is 0 Å². The monoisotopic (exact) mass is 409 g/mol. The topological polar surface area (TPSA) is 65.8 Å². The lowest BCUT2D eigenvalue weighted by Gasteiger charge is -2.40. The van der Waals surface area contributed by atoms with E-state index in [0.29, 0.717) is 5.76 Å². The minimum absolute atomic E-state index is 0.0978. The van der Waals surface area contributed by atoms with Crippen LogP contribution in [-0.2, 0) is 4.79 Å². The number of rotatable bonds is 5. The fourth-order valence-electron chi connectivity index (χ4n) is 4.55. The van der Waals surface area contributed by atoms with Crippen molar-refractivity contribution in [3.05, 3.63) is 59.5 Å². The van der Waals surface area contributed by atoms with E-state index in [9.17, 15) is 9.59 Å². The lowest BCUT2D eigenvalue weighted by atomic mass is 9.97. The highest BCUT2D eigenvalue weighted by Gasteiger charge is 2.34. The Balaban J connectivity index is 1.41. The molecule has 2 aliphatic rings. The summed E-state index contributed by atoms with van der Waals surface area (Å²) in [5.74, 6) is 1.15. The highest BCUT2D eigenvalue weighted by molar-refractivity contribution is 5.91. The largest absolute Gasteiger partial charge is 0.456 e. The number of hydrogen-bond donors (Lipinski definition) is 1. The zero-order chi connectivity index (χ0) is 20.9. The summed E-state index contributed by atoms with van der Waals surface area (Å²) >= 11 is 0. The summed E-state index contributed by atoms with van der Waals surface area (Å²) in [7, 11) is 0. The number of nitrogens with one attached hydrogen (secondary N) is 1. The normalized spacial score (nSPS) is 19.4. The molecule has 0 radical (unpaired) electrons. The third kappa shape index (κ3) is 4.75. The Morgan fingerprint density at radius 1 is 0.967 bits per heavy atom. The SMILES string of the molecule is Cc1ccc(C(=O)NC2CCN(C(C(=O)N3CCCCC3)c3ccccc3)CC2)o1. The Labute approximate surface area is 178 Å². The Kier molecular flexibility index (Phi) is 6.53. The Morgan fingerprint density at radius 2 is 1.67 bits per heavy atom. The lowest BCUT2D eigenvalue weighted by Crippen LogP contribution is -2.50. The van der Waals surface area contributed by atoms with E-state index in [1.165, 1.54) is 6.42 Å². The molecule has 3 heterocycles. The fourth-order valence-corrected chi connectivity index (χ4v) is 4.55. The lowest BCUT2D eigenvalue weighted by molar-refractivity contribution is -0.138. The van der Waals surface area contributed by atoms with Crippen LogP contribution in [0.2, 0.25) is 0 Å². The van der Waals surface area contributed by atoms with E-state index in [4.69, 9.17) is 4.42 Å². The molecule has 0 bridgehead atoms. The third-order valence-electron chi connectivity index (χ3n) is 6.21. The van der Waals surface area contributed by atoms with Crippen LogP contribution in [0, 0.1) is 6.92 Å². The van der Waals surface area contributed by atoms with Gasteiger partial charge in [0.05, 0.1) is 0 Å². The molecule has 4 rings (SSSR count). The van der Waals surface area contributed by atoms with Crippen LogP contribution in [0.1, 0.15) is 60.0 Å². The van der Waals surface area contributed by atoms with Gasteiger partial charge in [-0.3, -0.25) is 14.5 Å². The van der Waals surface area contributed by atoms with Crippen molar-refractivity contribution in [2.24, 2.45) is 0 Å². The maximum absolute atomic E-state index is 13.4. The number of likely N-dealkylation sites (tertiary alicyclic amines) is 2.